The van der Waals surface area contributed by atoms with E-state index in [9.17, 15) is 13.5 Å². The van der Waals surface area contributed by atoms with Crippen LogP contribution in [0.1, 0.15) is 17.9 Å². The summed E-state index contributed by atoms with van der Waals surface area (Å²) < 4.78 is 38.0. The van der Waals surface area contributed by atoms with Gasteiger partial charge in [0.05, 0.1) is 18.6 Å². The number of aromatic hydroxyl groups is 1. The monoisotopic (exact) mass is 349 g/mol. The van der Waals surface area contributed by atoms with Gasteiger partial charge < -0.3 is 14.6 Å². The van der Waals surface area contributed by atoms with Crippen LogP contribution in [0.15, 0.2) is 47.4 Å². The third-order valence-electron chi connectivity index (χ3n) is 4.07. The third kappa shape index (κ3) is 3.32. The maximum atomic E-state index is 12.4. The molecule has 0 radical (unpaired) electrons. The van der Waals surface area contributed by atoms with Gasteiger partial charge in [0.1, 0.15) is 5.75 Å². The number of nitrogens with one attached hydrogen (secondary N) is 1. The quantitative estimate of drug-likeness (QED) is 0.865. The van der Waals surface area contributed by atoms with E-state index in [1.165, 1.54) is 19.2 Å². The molecule has 128 valence electrons. The molecule has 1 aliphatic rings. The molecule has 0 amide bonds. The highest BCUT2D eigenvalue weighted by atomic mass is 32.2. The van der Waals surface area contributed by atoms with Gasteiger partial charge in [-0.05, 0) is 36.8 Å². The Morgan fingerprint density at radius 3 is 2.71 bits per heavy atom. The molecule has 0 fully saturated rings. The van der Waals surface area contributed by atoms with E-state index in [2.05, 4.69) is 4.72 Å². The highest BCUT2D eigenvalue weighted by Crippen LogP contribution is 2.39. The van der Waals surface area contributed by atoms with Crippen molar-refractivity contribution in [3.05, 3.63) is 48.0 Å². The lowest BCUT2D eigenvalue weighted by Crippen LogP contribution is -2.30. The van der Waals surface area contributed by atoms with Gasteiger partial charge >= 0.3 is 0 Å². The Labute approximate surface area is 141 Å². The molecule has 0 spiro atoms. The minimum absolute atomic E-state index is 0.0473. The molecule has 6 nitrogen and oxygen atoms in total. The highest BCUT2D eigenvalue weighted by Gasteiger charge is 2.25. The molecule has 1 aliphatic heterocycles. The Kier molecular flexibility index (Phi) is 4.64. The number of fused-ring (bicyclic) bond motifs is 1. The third-order valence-corrected chi connectivity index (χ3v) is 5.51. The lowest BCUT2D eigenvalue weighted by molar-refractivity contribution is 0.254. The zero-order valence-corrected chi connectivity index (χ0v) is 14.0. The number of hydrogen-bond donors (Lipinski definition) is 2. The normalized spacial score (nSPS) is 17.0. The van der Waals surface area contributed by atoms with E-state index < -0.39 is 10.0 Å². The van der Waals surface area contributed by atoms with Gasteiger partial charge in [0.15, 0.2) is 11.5 Å². The van der Waals surface area contributed by atoms with Gasteiger partial charge in [-0.15, -0.1) is 0 Å². The molecule has 0 saturated carbocycles. The number of ether oxygens (including phenoxy) is 2. The first-order chi connectivity index (χ1) is 11.5. The maximum absolute atomic E-state index is 12.4. The standard InChI is InChI=1S/C17H19NO5S/c1-22-13-5-7-14(8-6-13)24(20,21)18-11-12-9-10-23-17-15(12)3-2-4-16(17)19/h2-8,12,18-19H,9-11H2,1H3. The first-order valence-electron chi connectivity index (χ1n) is 7.59. The second-order valence-electron chi connectivity index (χ2n) is 5.56. The number of phenolic OH excluding ortho intramolecular Hbond substituents is 1. The van der Waals surface area contributed by atoms with Gasteiger partial charge in [0, 0.05) is 18.0 Å². The van der Waals surface area contributed by atoms with E-state index in [1.54, 1.807) is 24.3 Å². The molecule has 3 rings (SSSR count). The van der Waals surface area contributed by atoms with Crippen molar-refractivity contribution in [1.29, 1.82) is 0 Å². The number of sulfonamides is 1. The van der Waals surface area contributed by atoms with Gasteiger partial charge in [-0.25, -0.2) is 13.1 Å². The molecule has 1 heterocycles. The topological polar surface area (TPSA) is 84.9 Å². The van der Waals surface area contributed by atoms with Gasteiger partial charge in [-0.1, -0.05) is 12.1 Å². The Bertz CT molecular complexity index is 817. The van der Waals surface area contributed by atoms with E-state index in [0.29, 0.717) is 24.5 Å². The van der Waals surface area contributed by atoms with Crippen LogP contribution in [0.5, 0.6) is 17.2 Å². The highest BCUT2D eigenvalue weighted by molar-refractivity contribution is 7.89. The van der Waals surface area contributed by atoms with Crippen LogP contribution >= 0.6 is 0 Å². The lowest BCUT2D eigenvalue weighted by atomic mass is 9.93. The number of para-hydroxylation sites is 1. The summed E-state index contributed by atoms with van der Waals surface area (Å²) >= 11 is 0. The largest absolute Gasteiger partial charge is 0.504 e. The number of benzene rings is 2. The minimum atomic E-state index is -3.61. The summed E-state index contributed by atoms with van der Waals surface area (Å²) in [7, 11) is -2.08. The van der Waals surface area contributed by atoms with E-state index in [0.717, 1.165) is 5.56 Å². The molecule has 0 aliphatic carbocycles. The predicted molar refractivity (Wildman–Crippen MR) is 89.1 cm³/mol. The molecule has 1 unspecified atom stereocenters. The van der Waals surface area contributed by atoms with Crippen LogP contribution in [-0.2, 0) is 10.0 Å². The van der Waals surface area contributed by atoms with Crippen LogP contribution in [-0.4, -0.2) is 33.8 Å². The van der Waals surface area contributed by atoms with Crippen LogP contribution in [0.2, 0.25) is 0 Å². The summed E-state index contributed by atoms with van der Waals surface area (Å²) in [6.45, 7) is 0.688. The Morgan fingerprint density at radius 1 is 1.25 bits per heavy atom. The van der Waals surface area contributed by atoms with Crippen LogP contribution < -0.4 is 14.2 Å². The Morgan fingerprint density at radius 2 is 2.00 bits per heavy atom. The van der Waals surface area contributed by atoms with Crippen molar-refractivity contribution in [2.75, 3.05) is 20.3 Å². The molecule has 2 N–H and O–H groups in total. The van der Waals surface area contributed by atoms with Crippen LogP contribution in [0, 0.1) is 0 Å². The van der Waals surface area contributed by atoms with E-state index in [1.807, 2.05) is 6.07 Å². The van der Waals surface area contributed by atoms with Crippen LogP contribution in [0.4, 0.5) is 0 Å². The van der Waals surface area contributed by atoms with Crippen molar-refractivity contribution < 1.29 is 23.0 Å². The molecule has 1 atom stereocenters. The van der Waals surface area contributed by atoms with Crippen molar-refractivity contribution in [2.24, 2.45) is 0 Å². The molecule has 2 aromatic carbocycles. The summed E-state index contributed by atoms with van der Waals surface area (Å²) in [4.78, 5) is 0.187. The molecular formula is C17H19NO5S. The smallest absolute Gasteiger partial charge is 0.240 e. The fourth-order valence-electron chi connectivity index (χ4n) is 2.74. The summed E-state index contributed by atoms with van der Waals surface area (Å²) in [6.07, 6.45) is 0.682. The Hall–Kier alpha value is -2.25. The molecular weight excluding hydrogens is 330 g/mol. The second-order valence-corrected chi connectivity index (χ2v) is 7.32. The van der Waals surface area contributed by atoms with Crippen molar-refractivity contribution in [3.8, 4) is 17.2 Å². The number of phenols is 1. The fraction of sp³-hybridized carbons (Fsp3) is 0.294. The molecule has 2 aromatic rings. The van der Waals surface area contributed by atoms with Gasteiger partial charge in [0.25, 0.3) is 0 Å². The van der Waals surface area contributed by atoms with E-state index in [-0.39, 0.29) is 23.1 Å². The average molecular weight is 349 g/mol. The van der Waals surface area contributed by atoms with Crippen molar-refractivity contribution in [1.82, 2.24) is 4.72 Å². The number of methoxy groups -OCH3 is 1. The summed E-state index contributed by atoms with van der Waals surface area (Å²) in [5.41, 5.74) is 0.818. The van der Waals surface area contributed by atoms with Gasteiger partial charge in [-0.2, -0.15) is 0 Å². The summed E-state index contributed by atoms with van der Waals surface area (Å²) in [5.74, 6) is 1.07. The Balaban J connectivity index is 1.75. The van der Waals surface area contributed by atoms with Crippen molar-refractivity contribution >= 4 is 10.0 Å². The van der Waals surface area contributed by atoms with Crippen LogP contribution in [0.25, 0.3) is 0 Å². The number of rotatable bonds is 5. The summed E-state index contributed by atoms with van der Waals surface area (Å²) in [6, 6.07) is 11.4. The molecule has 24 heavy (non-hydrogen) atoms. The fourth-order valence-corrected chi connectivity index (χ4v) is 3.82. The van der Waals surface area contributed by atoms with E-state index >= 15 is 0 Å². The lowest BCUT2D eigenvalue weighted by Gasteiger charge is -2.26. The molecule has 0 aromatic heterocycles. The average Bonchev–Trinajstić information content (AvgIpc) is 2.60. The maximum Gasteiger partial charge on any atom is 0.240 e. The minimum Gasteiger partial charge on any atom is -0.504 e. The van der Waals surface area contributed by atoms with Gasteiger partial charge in [0.2, 0.25) is 10.0 Å². The second kappa shape index (κ2) is 6.70. The van der Waals surface area contributed by atoms with Gasteiger partial charge in [-0.3, -0.25) is 0 Å². The van der Waals surface area contributed by atoms with Crippen LogP contribution in [0.3, 0.4) is 0 Å². The zero-order chi connectivity index (χ0) is 17.2. The van der Waals surface area contributed by atoms with E-state index in [4.69, 9.17) is 9.47 Å². The van der Waals surface area contributed by atoms with Crippen molar-refractivity contribution in [3.63, 3.8) is 0 Å². The molecule has 7 heteroatoms. The first-order valence-corrected chi connectivity index (χ1v) is 9.08. The summed E-state index contributed by atoms with van der Waals surface area (Å²) in [5, 5.41) is 9.85. The predicted octanol–water partition coefficient (Wildman–Crippen LogP) is 2.25. The first kappa shape index (κ1) is 16.6. The van der Waals surface area contributed by atoms with Crippen molar-refractivity contribution in [2.45, 2.75) is 17.2 Å². The SMILES string of the molecule is COc1ccc(S(=O)(=O)NCC2CCOc3c(O)cccc32)cc1. The zero-order valence-electron chi connectivity index (χ0n) is 13.2. The number of hydrogen-bond acceptors (Lipinski definition) is 5. The molecule has 0 bridgehead atoms. The molecule has 0 saturated heterocycles.